The Morgan fingerprint density at radius 1 is 1.30 bits per heavy atom. The molecule has 0 saturated carbocycles. The Kier molecular flexibility index (Phi) is 3.23. The van der Waals surface area contributed by atoms with Crippen LogP contribution in [0.2, 0.25) is 0 Å². The number of aryl methyl sites for hydroxylation is 1. The molecular weight excluding hydrogens is 324 g/mol. The van der Waals surface area contributed by atoms with Gasteiger partial charge in [0.2, 0.25) is 0 Å². The summed E-state index contributed by atoms with van der Waals surface area (Å²) in [5.74, 6) is 1.58. The maximum absolute atomic E-state index is 5.91. The molecule has 0 radical (unpaired) electrons. The third-order valence-electron chi connectivity index (χ3n) is 2.73. The molecule has 0 amide bonds. The fraction of sp³-hybridized carbons (Fsp3) is 0.167. The van der Waals surface area contributed by atoms with E-state index in [4.69, 9.17) is 10.5 Å². The second-order valence-electron chi connectivity index (χ2n) is 4.15. The SMILES string of the molecule is Cn1cnc(COc2ccc(Br)c3ncnc(N)c23)n1. The van der Waals surface area contributed by atoms with Crippen LogP contribution in [0.3, 0.4) is 0 Å². The number of rotatable bonds is 3. The molecule has 3 aromatic rings. The molecule has 0 unspecified atom stereocenters. The van der Waals surface area contributed by atoms with Crippen LogP contribution in [0.1, 0.15) is 5.82 Å². The summed E-state index contributed by atoms with van der Waals surface area (Å²) < 4.78 is 8.19. The Labute approximate surface area is 122 Å². The largest absolute Gasteiger partial charge is 0.485 e. The van der Waals surface area contributed by atoms with Crippen molar-refractivity contribution in [1.29, 1.82) is 0 Å². The number of hydrogen-bond donors (Lipinski definition) is 1. The third-order valence-corrected chi connectivity index (χ3v) is 3.37. The van der Waals surface area contributed by atoms with E-state index in [0.29, 0.717) is 28.3 Å². The summed E-state index contributed by atoms with van der Waals surface area (Å²) in [5.41, 5.74) is 6.62. The lowest BCUT2D eigenvalue weighted by molar-refractivity contribution is 0.299. The van der Waals surface area contributed by atoms with E-state index in [-0.39, 0.29) is 6.61 Å². The Hall–Kier alpha value is -2.22. The van der Waals surface area contributed by atoms with Crippen LogP contribution in [0.25, 0.3) is 10.9 Å². The van der Waals surface area contributed by atoms with E-state index < -0.39 is 0 Å². The van der Waals surface area contributed by atoms with Gasteiger partial charge in [-0.15, -0.1) is 0 Å². The number of halogens is 1. The van der Waals surface area contributed by atoms with Crippen molar-refractivity contribution in [2.45, 2.75) is 6.61 Å². The molecule has 0 spiro atoms. The first-order valence-electron chi connectivity index (χ1n) is 5.81. The zero-order chi connectivity index (χ0) is 14.1. The van der Waals surface area contributed by atoms with Crippen molar-refractivity contribution < 1.29 is 4.74 Å². The van der Waals surface area contributed by atoms with Gasteiger partial charge >= 0.3 is 0 Å². The van der Waals surface area contributed by atoms with Gasteiger partial charge in [-0.25, -0.2) is 15.0 Å². The second kappa shape index (κ2) is 5.04. The number of anilines is 1. The first-order chi connectivity index (χ1) is 9.65. The molecule has 2 heterocycles. The fourth-order valence-electron chi connectivity index (χ4n) is 1.85. The summed E-state index contributed by atoms with van der Waals surface area (Å²) in [5, 5.41) is 4.83. The molecule has 0 aliphatic heterocycles. The van der Waals surface area contributed by atoms with Gasteiger partial charge in [-0.3, -0.25) is 4.68 Å². The minimum atomic E-state index is 0.256. The van der Waals surface area contributed by atoms with Crippen LogP contribution in [-0.4, -0.2) is 24.7 Å². The zero-order valence-electron chi connectivity index (χ0n) is 10.6. The third kappa shape index (κ3) is 2.29. The Morgan fingerprint density at radius 2 is 2.15 bits per heavy atom. The molecule has 0 bridgehead atoms. The Morgan fingerprint density at radius 3 is 2.90 bits per heavy atom. The standard InChI is InChI=1S/C12H11BrN6O/c1-19-6-17-9(18-19)4-20-8-3-2-7(13)11-10(8)12(14)16-5-15-11/h2-3,5-6H,4H2,1H3,(H2,14,15,16). The highest BCUT2D eigenvalue weighted by atomic mass is 79.9. The first-order valence-corrected chi connectivity index (χ1v) is 6.60. The van der Waals surface area contributed by atoms with Crippen LogP contribution in [-0.2, 0) is 13.7 Å². The molecule has 20 heavy (non-hydrogen) atoms. The molecular formula is C12H11BrN6O. The van der Waals surface area contributed by atoms with E-state index in [0.717, 1.165) is 4.47 Å². The van der Waals surface area contributed by atoms with Crippen LogP contribution >= 0.6 is 15.9 Å². The topological polar surface area (TPSA) is 91.7 Å². The molecule has 2 aromatic heterocycles. The predicted molar refractivity (Wildman–Crippen MR) is 77.0 cm³/mol. The van der Waals surface area contributed by atoms with Crippen molar-refractivity contribution in [3.63, 3.8) is 0 Å². The number of nitrogen functional groups attached to an aromatic ring is 1. The molecule has 0 aliphatic rings. The number of hydrogen-bond acceptors (Lipinski definition) is 6. The lowest BCUT2D eigenvalue weighted by Crippen LogP contribution is -2.02. The molecule has 0 saturated heterocycles. The maximum Gasteiger partial charge on any atom is 0.188 e. The minimum Gasteiger partial charge on any atom is -0.485 e. The molecule has 0 fully saturated rings. The van der Waals surface area contributed by atoms with E-state index in [2.05, 4.69) is 36.0 Å². The summed E-state index contributed by atoms with van der Waals surface area (Å²) in [7, 11) is 1.80. The van der Waals surface area contributed by atoms with Crippen molar-refractivity contribution in [3.05, 3.63) is 35.1 Å². The van der Waals surface area contributed by atoms with Gasteiger partial charge < -0.3 is 10.5 Å². The van der Waals surface area contributed by atoms with Crippen molar-refractivity contribution in [2.24, 2.45) is 7.05 Å². The summed E-state index contributed by atoms with van der Waals surface area (Å²) in [6.07, 6.45) is 3.04. The van der Waals surface area contributed by atoms with E-state index >= 15 is 0 Å². The minimum absolute atomic E-state index is 0.256. The number of ether oxygens (including phenoxy) is 1. The molecule has 3 rings (SSSR count). The molecule has 1 aromatic carbocycles. The van der Waals surface area contributed by atoms with Gasteiger partial charge in [0.15, 0.2) is 5.82 Å². The molecule has 102 valence electrons. The summed E-state index contributed by atoms with van der Waals surface area (Å²) in [4.78, 5) is 12.3. The van der Waals surface area contributed by atoms with Gasteiger partial charge in [0.05, 0.1) is 10.9 Å². The van der Waals surface area contributed by atoms with Gasteiger partial charge in [-0.2, -0.15) is 5.10 Å². The summed E-state index contributed by atoms with van der Waals surface area (Å²) >= 11 is 3.44. The maximum atomic E-state index is 5.91. The Bertz CT molecular complexity index is 772. The molecule has 8 heteroatoms. The van der Waals surface area contributed by atoms with Crippen molar-refractivity contribution in [3.8, 4) is 5.75 Å². The fourth-order valence-corrected chi connectivity index (χ4v) is 2.28. The van der Waals surface area contributed by atoms with Gasteiger partial charge in [-0.1, -0.05) is 0 Å². The van der Waals surface area contributed by atoms with Crippen LogP contribution < -0.4 is 10.5 Å². The Balaban J connectivity index is 1.97. The van der Waals surface area contributed by atoms with E-state index in [9.17, 15) is 0 Å². The van der Waals surface area contributed by atoms with Crippen LogP contribution in [0.4, 0.5) is 5.82 Å². The van der Waals surface area contributed by atoms with Gasteiger partial charge in [0.25, 0.3) is 0 Å². The zero-order valence-corrected chi connectivity index (χ0v) is 12.2. The number of aromatic nitrogens is 5. The van der Waals surface area contributed by atoms with Crippen molar-refractivity contribution in [1.82, 2.24) is 24.7 Å². The highest BCUT2D eigenvalue weighted by Crippen LogP contribution is 2.33. The van der Waals surface area contributed by atoms with E-state index in [1.54, 1.807) is 18.1 Å². The number of nitrogens with two attached hydrogens (primary N) is 1. The average Bonchev–Trinajstić information content (AvgIpc) is 2.85. The van der Waals surface area contributed by atoms with Crippen LogP contribution in [0, 0.1) is 0 Å². The highest BCUT2D eigenvalue weighted by Gasteiger charge is 2.11. The predicted octanol–water partition coefficient (Wildman–Crippen LogP) is 1.68. The van der Waals surface area contributed by atoms with Crippen molar-refractivity contribution >= 4 is 32.7 Å². The smallest absolute Gasteiger partial charge is 0.188 e. The second-order valence-corrected chi connectivity index (χ2v) is 5.01. The van der Waals surface area contributed by atoms with Gasteiger partial charge in [-0.05, 0) is 28.1 Å². The van der Waals surface area contributed by atoms with E-state index in [1.807, 2.05) is 12.1 Å². The van der Waals surface area contributed by atoms with E-state index in [1.165, 1.54) is 6.33 Å². The average molecular weight is 335 g/mol. The normalized spacial score (nSPS) is 10.9. The monoisotopic (exact) mass is 334 g/mol. The lowest BCUT2D eigenvalue weighted by atomic mass is 10.2. The van der Waals surface area contributed by atoms with Crippen molar-refractivity contribution in [2.75, 3.05) is 5.73 Å². The highest BCUT2D eigenvalue weighted by molar-refractivity contribution is 9.10. The number of benzene rings is 1. The van der Waals surface area contributed by atoms with Gasteiger partial charge in [0, 0.05) is 11.5 Å². The quantitative estimate of drug-likeness (QED) is 0.783. The number of fused-ring (bicyclic) bond motifs is 1. The lowest BCUT2D eigenvalue weighted by Gasteiger charge is -2.09. The summed E-state index contributed by atoms with van der Waals surface area (Å²) in [6, 6.07) is 3.67. The van der Waals surface area contributed by atoms with Gasteiger partial charge in [0.1, 0.15) is 30.8 Å². The number of nitrogens with zero attached hydrogens (tertiary/aromatic N) is 5. The molecule has 2 N–H and O–H groups in total. The first kappa shape index (κ1) is 12.8. The van der Waals surface area contributed by atoms with Crippen LogP contribution in [0.5, 0.6) is 5.75 Å². The molecule has 7 nitrogen and oxygen atoms in total. The molecule has 0 atom stereocenters. The molecule has 0 aliphatic carbocycles. The van der Waals surface area contributed by atoms with Crippen LogP contribution in [0.15, 0.2) is 29.3 Å². The summed E-state index contributed by atoms with van der Waals surface area (Å²) in [6.45, 7) is 0.256.